The van der Waals surface area contributed by atoms with Crippen molar-refractivity contribution in [2.24, 2.45) is 11.8 Å². The summed E-state index contributed by atoms with van der Waals surface area (Å²) >= 11 is 0. The van der Waals surface area contributed by atoms with Gasteiger partial charge >= 0.3 is 5.97 Å². The summed E-state index contributed by atoms with van der Waals surface area (Å²) in [5.74, 6) is -1.43. The van der Waals surface area contributed by atoms with Gasteiger partial charge < -0.3 is 58.7 Å². The van der Waals surface area contributed by atoms with E-state index in [9.17, 15) is 30.3 Å². The maximum atomic E-state index is 13.3. The molecular weight excluding hydrogens is 532 g/mol. The van der Waals surface area contributed by atoms with E-state index in [4.69, 9.17) is 33.2 Å². The molecule has 2 saturated heterocycles. The number of phenols is 1. The van der Waals surface area contributed by atoms with Crippen LogP contribution in [0.2, 0.25) is 0 Å². The molecule has 1 aliphatic carbocycles. The number of ether oxygens (including phenoxy) is 7. The molecule has 3 heterocycles. The van der Waals surface area contributed by atoms with Gasteiger partial charge in [0.1, 0.15) is 24.4 Å². The number of phenolic OH excluding ortho intramolecular Hbond substituents is 1. The van der Waals surface area contributed by atoms with Crippen LogP contribution in [0.25, 0.3) is 0 Å². The molecule has 0 aromatic heterocycles. The highest BCUT2D eigenvalue weighted by Crippen LogP contribution is 2.57. The van der Waals surface area contributed by atoms with Gasteiger partial charge in [-0.1, -0.05) is 0 Å². The molecule has 6 rings (SSSR count). The van der Waals surface area contributed by atoms with Gasteiger partial charge in [-0.05, 0) is 41.0 Å². The van der Waals surface area contributed by atoms with Crippen LogP contribution >= 0.6 is 0 Å². The first kappa shape index (κ1) is 26.9. The molecule has 3 aliphatic heterocycles. The second-order valence-electron chi connectivity index (χ2n) is 10.2. The van der Waals surface area contributed by atoms with Crippen molar-refractivity contribution in [2.45, 2.75) is 42.7 Å². The number of carbonyl (C=O) groups is 1. The minimum Gasteiger partial charge on any atom is -0.502 e. The molecule has 2 aromatic rings. The lowest BCUT2D eigenvalue weighted by atomic mass is 9.66. The molecular formula is C27H30O13. The average Bonchev–Trinajstić information content (AvgIpc) is 3.58. The molecule has 0 spiro atoms. The number of aliphatic hydroxyl groups is 4. The van der Waals surface area contributed by atoms with Crippen molar-refractivity contribution in [3.63, 3.8) is 0 Å². The molecule has 0 bridgehead atoms. The van der Waals surface area contributed by atoms with E-state index in [1.807, 2.05) is 0 Å². The van der Waals surface area contributed by atoms with E-state index in [1.54, 1.807) is 24.3 Å². The van der Waals surface area contributed by atoms with Crippen molar-refractivity contribution in [2.75, 3.05) is 34.2 Å². The topological polar surface area (TPSA) is 183 Å². The number of fused-ring (bicyclic) bond motifs is 3. The Balaban J connectivity index is 1.48. The van der Waals surface area contributed by atoms with Crippen LogP contribution in [-0.2, 0) is 19.0 Å². The Morgan fingerprint density at radius 1 is 0.900 bits per heavy atom. The van der Waals surface area contributed by atoms with E-state index < -0.39 is 67.1 Å². The fourth-order valence-corrected chi connectivity index (χ4v) is 6.10. The summed E-state index contributed by atoms with van der Waals surface area (Å²) in [6.45, 7) is -0.635. The highest BCUT2D eigenvalue weighted by molar-refractivity contribution is 5.79. The summed E-state index contributed by atoms with van der Waals surface area (Å²) in [6, 6.07) is 6.73. The standard InChI is InChI=1S/C27H30O13/c1-34-16-3-10(4-17(35-2)21(16)29)19-11-5-14-15(38-9-37-14)6-12(11)25(13-8-36-26(33)20(13)19)40-27-24(32)23(31)22(30)18(7-28)39-27/h3-6,13,18-20,22-25,27-32H,7-9H2,1-2H3/t13-,18?,19+,20?,22+,23?,24?,25+,27-/m0/s1. The maximum Gasteiger partial charge on any atom is 0.310 e. The van der Waals surface area contributed by atoms with Crippen molar-refractivity contribution in [3.8, 4) is 28.7 Å². The van der Waals surface area contributed by atoms with Crippen LogP contribution in [0.4, 0.5) is 0 Å². The smallest absolute Gasteiger partial charge is 0.310 e. The fraction of sp³-hybridized carbons (Fsp3) is 0.519. The molecule has 2 fully saturated rings. The summed E-state index contributed by atoms with van der Waals surface area (Å²) in [4.78, 5) is 13.3. The van der Waals surface area contributed by atoms with Crippen LogP contribution < -0.4 is 18.9 Å². The minimum absolute atomic E-state index is 0.00309. The highest BCUT2D eigenvalue weighted by Gasteiger charge is 2.55. The first-order valence-corrected chi connectivity index (χ1v) is 12.8. The number of carbonyl (C=O) groups excluding carboxylic acids is 1. The van der Waals surface area contributed by atoms with Gasteiger partial charge in [0.15, 0.2) is 29.3 Å². The van der Waals surface area contributed by atoms with E-state index in [1.165, 1.54) is 14.2 Å². The van der Waals surface area contributed by atoms with E-state index in [0.717, 1.165) is 0 Å². The number of methoxy groups -OCH3 is 2. The lowest BCUT2D eigenvalue weighted by Gasteiger charge is -2.44. The molecule has 4 aliphatic rings. The third kappa shape index (κ3) is 4.12. The zero-order chi connectivity index (χ0) is 28.3. The predicted molar refractivity (Wildman–Crippen MR) is 131 cm³/mol. The van der Waals surface area contributed by atoms with Crippen LogP contribution in [0, 0.1) is 11.8 Å². The lowest BCUT2D eigenvalue weighted by molar-refractivity contribution is -0.317. The van der Waals surface area contributed by atoms with Gasteiger partial charge in [0, 0.05) is 11.8 Å². The molecule has 13 heteroatoms. The van der Waals surface area contributed by atoms with Gasteiger partial charge in [0.25, 0.3) is 0 Å². The molecule has 4 unspecified atom stereocenters. The van der Waals surface area contributed by atoms with Crippen LogP contribution in [0.5, 0.6) is 28.7 Å². The van der Waals surface area contributed by atoms with Gasteiger partial charge in [0.2, 0.25) is 12.5 Å². The summed E-state index contributed by atoms with van der Waals surface area (Å²) in [5, 5.41) is 51.4. The number of aliphatic hydroxyl groups excluding tert-OH is 4. The Morgan fingerprint density at radius 3 is 2.17 bits per heavy atom. The molecule has 5 N–H and O–H groups in total. The number of cyclic esters (lactones) is 1. The number of aromatic hydroxyl groups is 1. The molecule has 13 nitrogen and oxygen atoms in total. The Kier molecular flexibility index (Phi) is 6.89. The molecule has 40 heavy (non-hydrogen) atoms. The Morgan fingerprint density at radius 2 is 1.55 bits per heavy atom. The van der Waals surface area contributed by atoms with Crippen molar-refractivity contribution in [1.82, 2.24) is 0 Å². The highest BCUT2D eigenvalue weighted by atomic mass is 16.7. The summed E-state index contributed by atoms with van der Waals surface area (Å²) in [7, 11) is 2.81. The third-order valence-electron chi connectivity index (χ3n) is 8.11. The van der Waals surface area contributed by atoms with Gasteiger partial charge in [-0.15, -0.1) is 0 Å². The number of benzene rings is 2. The van der Waals surface area contributed by atoms with Crippen LogP contribution in [0.15, 0.2) is 24.3 Å². The van der Waals surface area contributed by atoms with Crippen LogP contribution in [-0.4, -0.2) is 96.4 Å². The Hall–Kier alpha value is -3.33. The van der Waals surface area contributed by atoms with Gasteiger partial charge in [-0.3, -0.25) is 4.79 Å². The molecule has 0 radical (unpaired) electrons. The van der Waals surface area contributed by atoms with Crippen molar-refractivity contribution >= 4 is 5.97 Å². The second-order valence-corrected chi connectivity index (χ2v) is 10.2. The fourth-order valence-electron chi connectivity index (χ4n) is 6.10. The Bertz CT molecular complexity index is 1270. The van der Waals surface area contributed by atoms with E-state index >= 15 is 0 Å². The first-order valence-electron chi connectivity index (χ1n) is 12.8. The summed E-state index contributed by atoms with van der Waals surface area (Å²) < 4.78 is 39.4. The normalized spacial score (nSPS) is 34.1. The summed E-state index contributed by atoms with van der Waals surface area (Å²) in [6.07, 6.45) is -8.35. The van der Waals surface area contributed by atoms with Crippen LogP contribution in [0.1, 0.15) is 28.7 Å². The molecule has 9 atom stereocenters. The molecule has 216 valence electrons. The van der Waals surface area contributed by atoms with Crippen molar-refractivity contribution < 1.29 is 63.5 Å². The Labute approximate surface area is 228 Å². The molecule has 2 aromatic carbocycles. The maximum absolute atomic E-state index is 13.3. The SMILES string of the molecule is COc1cc([C@@H]2c3cc4c(cc3[C@@H](O[C@@H]3OC(CO)[C@@H](O)C(O)C3O)[C@H]3COC(=O)C23)OCO4)cc(OC)c1O. The minimum atomic E-state index is -1.64. The largest absolute Gasteiger partial charge is 0.502 e. The van der Waals surface area contributed by atoms with Crippen LogP contribution in [0.3, 0.4) is 0 Å². The van der Waals surface area contributed by atoms with Gasteiger partial charge in [-0.2, -0.15) is 0 Å². The van der Waals surface area contributed by atoms with Crippen molar-refractivity contribution in [3.05, 3.63) is 41.0 Å². The second kappa shape index (κ2) is 10.3. The van der Waals surface area contributed by atoms with E-state index in [2.05, 4.69) is 0 Å². The van der Waals surface area contributed by atoms with E-state index in [0.29, 0.717) is 28.2 Å². The molecule has 0 saturated carbocycles. The predicted octanol–water partition coefficient (Wildman–Crippen LogP) is -0.0696. The monoisotopic (exact) mass is 562 g/mol. The zero-order valence-corrected chi connectivity index (χ0v) is 21.6. The number of hydrogen-bond acceptors (Lipinski definition) is 13. The van der Waals surface area contributed by atoms with Crippen molar-refractivity contribution in [1.29, 1.82) is 0 Å². The molecule has 0 amide bonds. The van der Waals surface area contributed by atoms with E-state index in [-0.39, 0.29) is 30.6 Å². The van der Waals surface area contributed by atoms with Gasteiger partial charge in [0.05, 0.1) is 39.5 Å². The number of hydrogen-bond donors (Lipinski definition) is 5. The third-order valence-corrected chi connectivity index (χ3v) is 8.11. The number of rotatable bonds is 6. The average molecular weight is 563 g/mol. The quantitative estimate of drug-likeness (QED) is 0.295. The first-order chi connectivity index (χ1) is 19.3. The zero-order valence-electron chi connectivity index (χ0n) is 21.6. The lowest BCUT2D eigenvalue weighted by Crippen LogP contribution is -2.59. The van der Waals surface area contributed by atoms with Gasteiger partial charge in [-0.25, -0.2) is 0 Å². The number of esters is 1. The summed E-state index contributed by atoms with van der Waals surface area (Å²) in [5.41, 5.74) is 1.83.